The van der Waals surface area contributed by atoms with E-state index in [0.717, 1.165) is 17.7 Å². The highest BCUT2D eigenvalue weighted by molar-refractivity contribution is 7.91. The molecule has 1 saturated carbocycles. The van der Waals surface area contributed by atoms with Crippen LogP contribution in [0, 0.1) is 17.8 Å². The summed E-state index contributed by atoms with van der Waals surface area (Å²) in [5, 5.41) is 12.8. The van der Waals surface area contributed by atoms with E-state index in [1.807, 2.05) is 12.1 Å². The number of hydrogen-bond donors (Lipinski definition) is 2. The molecule has 1 aliphatic heterocycles. The van der Waals surface area contributed by atoms with Crippen molar-refractivity contribution in [1.82, 2.24) is 10.2 Å². The number of amides is 1. The lowest BCUT2D eigenvalue weighted by molar-refractivity contribution is -0.184. The number of hydrogen-bond acceptors (Lipinski definition) is 5. The van der Waals surface area contributed by atoms with Gasteiger partial charge in [0.05, 0.1) is 29.2 Å². The van der Waals surface area contributed by atoms with Crippen molar-refractivity contribution in [2.75, 3.05) is 18.9 Å². The first kappa shape index (κ1) is 30.5. The number of aliphatic hydroxyl groups is 1. The fourth-order valence-electron chi connectivity index (χ4n) is 6.20. The van der Waals surface area contributed by atoms with Crippen LogP contribution >= 0.6 is 0 Å². The first-order chi connectivity index (χ1) is 18.8. The minimum Gasteiger partial charge on any atom is -0.394 e. The van der Waals surface area contributed by atoms with E-state index in [1.54, 1.807) is 25.1 Å². The van der Waals surface area contributed by atoms with Crippen LogP contribution in [0.1, 0.15) is 85.6 Å². The first-order valence-electron chi connectivity index (χ1n) is 14.0. The van der Waals surface area contributed by atoms with Gasteiger partial charge in [-0.05, 0) is 78.5 Å². The molecule has 1 aliphatic carbocycles. The monoisotopic (exact) mass is 580 g/mol. The zero-order valence-corrected chi connectivity index (χ0v) is 24.1. The number of aliphatic hydroxyl groups excluding tert-OH is 1. The van der Waals surface area contributed by atoms with E-state index < -0.39 is 28.0 Å². The molecular formula is C30H39F3N2O4S. The molecule has 0 spiro atoms. The first-order valence-corrected chi connectivity index (χ1v) is 15.7. The van der Waals surface area contributed by atoms with Crippen molar-refractivity contribution in [1.29, 1.82) is 0 Å². The van der Waals surface area contributed by atoms with Gasteiger partial charge in [0.25, 0.3) is 5.91 Å². The van der Waals surface area contributed by atoms with Gasteiger partial charge in [0, 0.05) is 24.7 Å². The van der Waals surface area contributed by atoms with Gasteiger partial charge in [0.1, 0.15) is 0 Å². The van der Waals surface area contributed by atoms with Crippen LogP contribution in [0.15, 0.2) is 47.4 Å². The summed E-state index contributed by atoms with van der Waals surface area (Å²) in [5.41, 5.74) is 3.22. The Morgan fingerprint density at radius 3 is 2.27 bits per heavy atom. The van der Waals surface area contributed by atoms with Gasteiger partial charge >= 0.3 is 6.18 Å². The van der Waals surface area contributed by atoms with Gasteiger partial charge in [-0.2, -0.15) is 13.2 Å². The number of benzene rings is 2. The molecule has 1 fully saturated rings. The topological polar surface area (TPSA) is 86.7 Å². The third-order valence-electron chi connectivity index (χ3n) is 8.43. The van der Waals surface area contributed by atoms with E-state index in [4.69, 9.17) is 0 Å². The number of nitrogens with one attached hydrogen (secondary N) is 1. The minimum absolute atomic E-state index is 0.0148. The lowest BCUT2D eigenvalue weighted by atomic mass is 9.81. The molecular weight excluding hydrogens is 541 g/mol. The number of sulfone groups is 1. The zero-order chi connectivity index (χ0) is 29.2. The van der Waals surface area contributed by atoms with Gasteiger partial charge in [-0.15, -0.1) is 0 Å². The normalized spacial score (nSPS) is 22.8. The fraction of sp³-hybridized carbons (Fsp3) is 0.567. The average molecular weight is 581 g/mol. The summed E-state index contributed by atoms with van der Waals surface area (Å²) in [4.78, 5) is 15.7. The van der Waals surface area contributed by atoms with Crippen molar-refractivity contribution >= 4 is 15.7 Å². The Morgan fingerprint density at radius 1 is 1.07 bits per heavy atom. The minimum atomic E-state index is -4.11. The van der Waals surface area contributed by atoms with Crippen LogP contribution in [0.3, 0.4) is 0 Å². The summed E-state index contributed by atoms with van der Waals surface area (Å²) in [6, 6.07) is 11.2. The van der Waals surface area contributed by atoms with Crippen molar-refractivity contribution in [3.05, 3.63) is 64.7 Å². The summed E-state index contributed by atoms with van der Waals surface area (Å²) < 4.78 is 63.5. The third kappa shape index (κ3) is 6.71. The number of halogens is 3. The van der Waals surface area contributed by atoms with Crippen molar-refractivity contribution in [3.63, 3.8) is 0 Å². The summed E-state index contributed by atoms with van der Waals surface area (Å²) in [7, 11) is -3.35. The van der Waals surface area contributed by atoms with Gasteiger partial charge < -0.3 is 10.4 Å². The second kappa shape index (κ2) is 12.2. The van der Waals surface area contributed by atoms with Gasteiger partial charge in [-0.3, -0.25) is 9.69 Å². The largest absolute Gasteiger partial charge is 0.394 e. The van der Waals surface area contributed by atoms with E-state index in [2.05, 4.69) is 24.1 Å². The molecule has 2 aromatic rings. The van der Waals surface area contributed by atoms with Gasteiger partial charge in [0.15, 0.2) is 9.84 Å². The smallest absolute Gasteiger partial charge is 0.391 e. The van der Waals surface area contributed by atoms with Crippen LogP contribution in [-0.2, 0) is 16.4 Å². The Morgan fingerprint density at radius 2 is 1.73 bits per heavy atom. The predicted octanol–water partition coefficient (Wildman–Crippen LogP) is 5.83. The number of rotatable bonds is 9. The van der Waals surface area contributed by atoms with Crippen LogP contribution in [0.4, 0.5) is 13.2 Å². The molecule has 0 radical (unpaired) electrons. The number of nitrogens with zero attached hydrogens (tertiary/aromatic N) is 1. The molecule has 0 unspecified atom stereocenters. The quantitative estimate of drug-likeness (QED) is 0.390. The van der Waals surface area contributed by atoms with Crippen LogP contribution < -0.4 is 5.32 Å². The van der Waals surface area contributed by atoms with Gasteiger partial charge in [-0.1, -0.05) is 39.0 Å². The molecule has 1 heterocycles. The van der Waals surface area contributed by atoms with E-state index in [0.29, 0.717) is 36.4 Å². The van der Waals surface area contributed by atoms with Crippen LogP contribution in [-0.4, -0.2) is 49.4 Å². The van der Waals surface area contributed by atoms with E-state index in [-0.39, 0.29) is 48.0 Å². The standard InChI is InChI=1S/C30H39F3N2O4S/c1-4-40(38,39)25-12-7-21(8-13-25)27(18-36)34-29(37)22-9-14-26-23(15-22)17-35(28(26)19(2)3)16-20-5-10-24(11-6-20)30(31,32)33/h7-9,12-15,19-20,24,27-28,36H,4-6,10-11,16-18H2,1-3H3,(H,34,37)/t20-,24-,27-,28-/m1/s1. The molecule has 4 rings (SSSR count). The van der Waals surface area contributed by atoms with Gasteiger partial charge in [-0.25, -0.2) is 8.42 Å². The van der Waals surface area contributed by atoms with Crippen molar-refractivity contribution in [2.45, 2.75) is 76.2 Å². The molecule has 0 bridgehead atoms. The molecule has 2 N–H and O–H groups in total. The van der Waals surface area contributed by atoms with Crippen LogP contribution in [0.25, 0.3) is 0 Å². The number of carbonyl (C=O) groups excluding carboxylic acids is 1. The molecule has 2 aliphatic rings. The molecule has 0 saturated heterocycles. The van der Waals surface area contributed by atoms with E-state index >= 15 is 0 Å². The highest BCUT2D eigenvalue weighted by atomic mass is 32.2. The highest BCUT2D eigenvalue weighted by Crippen LogP contribution is 2.43. The van der Waals surface area contributed by atoms with Crippen LogP contribution in [0.5, 0.6) is 0 Å². The molecule has 6 nitrogen and oxygen atoms in total. The van der Waals surface area contributed by atoms with Crippen molar-refractivity contribution < 1.29 is 31.5 Å². The third-order valence-corrected chi connectivity index (χ3v) is 10.2. The maximum atomic E-state index is 13.2. The maximum Gasteiger partial charge on any atom is 0.391 e. The zero-order valence-electron chi connectivity index (χ0n) is 23.2. The SMILES string of the molecule is CCS(=O)(=O)c1ccc([C@@H](CO)NC(=O)c2ccc3c(c2)CN(C[C@H]2CC[C@H](C(F)(F)F)CC2)[C@@H]3C(C)C)cc1. The Hall–Kier alpha value is -2.43. The van der Waals surface area contributed by atoms with Crippen molar-refractivity contribution in [3.8, 4) is 0 Å². The fourth-order valence-corrected chi connectivity index (χ4v) is 7.08. The summed E-state index contributed by atoms with van der Waals surface area (Å²) >= 11 is 0. The van der Waals surface area contributed by atoms with Crippen molar-refractivity contribution in [2.24, 2.45) is 17.8 Å². The Kier molecular flexibility index (Phi) is 9.31. The molecule has 1 amide bonds. The molecule has 220 valence electrons. The molecule has 2 atom stereocenters. The summed E-state index contributed by atoms with van der Waals surface area (Å²) in [6.07, 6.45) is -2.59. The molecule has 0 aromatic heterocycles. The maximum absolute atomic E-state index is 13.2. The summed E-state index contributed by atoms with van der Waals surface area (Å²) in [6.45, 7) is 6.86. The number of alkyl halides is 3. The second-order valence-corrected chi connectivity index (χ2v) is 13.8. The van der Waals surface area contributed by atoms with E-state index in [1.165, 1.54) is 12.1 Å². The molecule has 10 heteroatoms. The molecule has 2 aromatic carbocycles. The van der Waals surface area contributed by atoms with E-state index in [9.17, 15) is 31.5 Å². The average Bonchev–Trinajstić information content (AvgIpc) is 3.28. The lowest BCUT2D eigenvalue weighted by Gasteiger charge is -2.35. The second-order valence-electron chi connectivity index (χ2n) is 11.5. The predicted molar refractivity (Wildman–Crippen MR) is 147 cm³/mol. The highest BCUT2D eigenvalue weighted by Gasteiger charge is 2.42. The molecule has 40 heavy (non-hydrogen) atoms. The van der Waals surface area contributed by atoms with Crippen LogP contribution in [0.2, 0.25) is 0 Å². The Labute approximate surface area is 234 Å². The lowest BCUT2D eigenvalue weighted by Crippen LogP contribution is -2.34. The number of carbonyl (C=O) groups is 1. The Bertz CT molecular complexity index is 1290. The Balaban J connectivity index is 1.44. The van der Waals surface area contributed by atoms with Gasteiger partial charge in [0.2, 0.25) is 0 Å². The summed E-state index contributed by atoms with van der Waals surface area (Å²) in [5.74, 6) is -1.03. The number of fused-ring (bicyclic) bond motifs is 1.